The molecule has 0 aliphatic carbocycles. The van der Waals surface area contributed by atoms with Crippen molar-refractivity contribution in [3.8, 4) is 45.3 Å². The Bertz CT molecular complexity index is 2200. The lowest BCUT2D eigenvalue weighted by Crippen LogP contribution is -2.00. The smallest absolute Gasteiger partial charge is 0.164 e. The highest BCUT2D eigenvalue weighted by Gasteiger charge is 2.16. The highest BCUT2D eigenvalue weighted by Crippen LogP contribution is 2.36. The standard InChI is InChI=1S/C37H23N3O/c1-3-11-24(12-4-1)27-16-9-18-29-28(27)17-10-19-31(29)37-39-35(25-13-5-2-6-14-25)38-36(40-37)26-21-22-34-32(23-26)30-15-7-8-20-33(30)41-34/h1-23H. The van der Waals surface area contributed by atoms with E-state index in [0.717, 1.165) is 49.4 Å². The van der Waals surface area contributed by atoms with Crippen LogP contribution in [0.25, 0.3) is 78.0 Å². The van der Waals surface area contributed by atoms with Crippen LogP contribution in [0.15, 0.2) is 144 Å². The van der Waals surface area contributed by atoms with Crippen LogP contribution in [0, 0.1) is 0 Å². The Balaban J connectivity index is 1.36. The number of rotatable bonds is 4. The van der Waals surface area contributed by atoms with Gasteiger partial charge in [0, 0.05) is 27.5 Å². The number of aromatic nitrogens is 3. The van der Waals surface area contributed by atoms with Gasteiger partial charge in [-0.2, -0.15) is 0 Å². The van der Waals surface area contributed by atoms with Crippen molar-refractivity contribution in [2.24, 2.45) is 0 Å². The van der Waals surface area contributed by atoms with Crippen molar-refractivity contribution in [2.45, 2.75) is 0 Å². The first-order valence-corrected chi connectivity index (χ1v) is 13.6. The Morgan fingerprint density at radius 1 is 0.341 bits per heavy atom. The van der Waals surface area contributed by atoms with Crippen molar-refractivity contribution in [2.75, 3.05) is 0 Å². The normalized spacial score (nSPS) is 11.4. The monoisotopic (exact) mass is 525 g/mol. The second-order valence-corrected chi connectivity index (χ2v) is 10.1. The van der Waals surface area contributed by atoms with E-state index in [0.29, 0.717) is 17.5 Å². The molecule has 6 aromatic carbocycles. The third-order valence-electron chi connectivity index (χ3n) is 7.55. The fraction of sp³-hybridized carbons (Fsp3) is 0. The molecule has 0 spiro atoms. The van der Waals surface area contributed by atoms with E-state index in [-0.39, 0.29) is 0 Å². The summed E-state index contributed by atoms with van der Waals surface area (Å²) < 4.78 is 6.07. The summed E-state index contributed by atoms with van der Waals surface area (Å²) in [6.45, 7) is 0. The Hall–Kier alpha value is -5.61. The molecule has 0 amide bonds. The van der Waals surface area contributed by atoms with Gasteiger partial charge in [0.1, 0.15) is 11.2 Å². The minimum absolute atomic E-state index is 0.622. The predicted molar refractivity (Wildman–Crippen MR) is 166 cm³/mol. The number of furan rings is 1. The fourth-order valence-electron chi connectivity index (χ4n) is 5.58. The second kappa shape index (κ2) is 9.54. The summed E-state index contributed by atoms with van der Waals surface area (Å²) in [5, 5.41) is 4.37. The van der Waals surface area contributed by atoms with Crippen molar-refractivity contribution in [1.29, 1.82) is 0 Å². The van der Waals surface area contributed by atoms with E-state index in [2.05, 4.69) is 72.8 Å². The fourth-order valence-corrected chi connectivity index (χ4v) is 5.58. The first-order chi connectivity index (χ1) is 20.3. The van der Waals surface area contributed by atoms with E-state index >= 15 is 0 Å². The summed E-state index contributed by atoms with van der Waals surface area (Å²) in [6, 6.07) is 47.6. The zero-order valence-corrected chi connectivity index (χ0v) is 22.0. The minimum Gasteiger partial charge on any atom is -0.456 e. The van der Waals surface area contributed by atoms with E-state index in [1.54, 1.807) is 0 Å². The van der Waals surface area contributed by atoms with Gasteiger partial charge in [-0.25, -0.2) is 15.0 Å². The van der Waals surface area contributed by atoms with Gasteiger partial charge in [-0.3, -0.25) is 0 Å². The maximum absolute atomic E-state index is 6.07. The average molecular weight is 526 g/mol. The maximum Gasteiger partial charge on any atom is 0.164 e. The van der Waals surface area contributed by atoms with Gasteiger partial charge < -0.3 is 4.42 Å². The lowest BCUT2D eigenvalue weighted by molar-refractivity contribution is 0.669. The highest BCUT2D eigenvalue weighted by atomic mass is 16.3. The average Bonchev–Trinajstić information content (AvgIpc) is 3.43. The van der Waals surface area contributed by atoms with Crippen LogP contribution in [0.5, 0.6) is 0 Å². The Morgan fingerprint density at radius 2 is 0.902 bits per heavy atom. The van der Waals surface area contributed by atoms with E-state index in [1.807, 2.05) is 66.7 Å². The molecule has 0 atom stereocenters. The molecule has 0 aliphatic heterocycles. The molecule has 0 saturated heterocycles. The molecule has 41 heavy (non-hydrogen) atoms. The third kappa shape index (κ3) is 4.05. The summed E-state index contributed by atoms with van der Waals surface area (Å²) in [7, 11) is 0. The van der Waals surface area contributed by atoms with Crippen LogP contribution >= 0.6 is 0 Å². The third-order valence-corrected chi connectivity index (χ3v) is 7.55. The lowest BCUT2D eigenvalue weighted by Gasteiger charge is -2.12. The van der Waals surface area contributed by atoms with E-state index in [1.165, 1.54) is 11.1 Å². The molecule has 192 valence electrons. The summed E-state index contributed by atoms with van der Waals surface area (Å²) in [6.07, 6.45) is 0. The quantitative estimate of drug-likeness (QED) is 0.230. The van der Waals surface area contributed by atoms with Crippen LogP contribution < -0.4 is 0 Å². The highest BCUT2D eigenvalue weighted by molar-refractivity contribution is 6.06. The van der Waals surface area contributed by atoms with Crippen LogP contribution in [0.2, 0.25) is 0 Å². The molecule has 2 heterocycles. The second-order valence-electron chi connectivity index (χ2n) is 10.1. The molecule has 8 rings (SSSR count). The minimum atomic E-state index is 0.622. The summed E-state index contributed by atoms with van der Waals surface area (Å²) >= 11 is 0. The Labute approximate surface area is 236 Å². The van der Waals surface area contributed by atoms with E-state index < -0.39 is 0 Å². The van der Waals surface area contributed by atoms with Crippen molar-refractivity contribution in [1.82, 2.24) is 15.0 Å². The van der Waals surface area contributed by atoms with Crippen molar-refractivity contribution >= 4 is 32.7 Å². The van der Waals surface area contributed by atoms with Crippen molar-refractivity contribution in [3.05, 3.63) is 140 Å². The molecule has 4 heteroatoms. The summed E-state index contributed by atoms with van der Waals surface area (Å²) in [4.78, 5) is 15.0. The predicted octanol–water partition coefficient (Wildman–Crippen LogP) is 9.59. The van der Waals surface area contributed by atoms with Crippen LogP contribution in [-0.2, 0) is 0 Å². The molecule has 0 bridgehead atoms. The van der Waals surface area contributed by atoms with Gasteiger partial charge in [-0.1, -0.05) is 115 Å². The zero-order chi connectivity index (χ0) is 27.2. The van der Waals surface area contributed by atoms with Gasteiger partial charge in [-0.05, 0) is 46.2 Å². The van der Waals surface area contributed by atoms with Gasteiger partial charge in [0.25, 0.3) is 0 Å². The lowest BCUT2D eigenvalue weighted by atomic mass is 9.95. The molecule has 0 saturated carbocycles. The first kappa shape index (κ1) is 23.3. The summed E-state index contributed by atoms with van der Waals surface area (Å²) in [5.41, 5.74) is 6.89. The molecule has 0 unspecified atom stereocenters. The number of para-hydroxylation sites is 1. The van der Waals surface area contributed by atoms with Gasteiger partial charge in [-0.15, -0.1) is 0 Å². The molecule has 8 aromatic rings. The number of fused-ring (bicyclic) bond motifs is 4. The van der Waals surface area contributed by atoms with Gasteiger partial charge in [0.2, 0.25) is 0 Å². The molecule has 0 aliphatic rings. The Kier molecular flexibility index (Phi) is 5.42. The van der Waals surface area contributed by atoms with Gasteiger partial charge >= 0.3 is 0 Å². The van der Waals surface area contributed by atoms with E-state index in [9.17, 15) is 0 Å². The molecular formula is C37H23N3O. The van der Waals surface area contributed by atoms with Gasteiger partial charge in [0.15, 0.2) is 17.5 Å². The number of hydrogen-bond donors (Lipinski definition) is 0. The molecule has 0 radical (unpaired) electrons. The van der Waals surface area contributed by atoms with Crippen molar-refractivity contribution in [3.63, 3.8) is 0 Å². The molecule has 2 aromatic heterocycles. The zero-order valence-electron chi connectivity index (χ0n) is 22.0. The van der Waals surface area contributed by atoms with Crippen LogP contribution in [0.1, 0.15) is 0 Å². The van der Waals surface area contributed by atoms with Crippen LogP contribution in [0.4, 0.5) is 0 Å². The van der Waals surface area contributed by atoms with Crippen LogP contribution in [0.3, 0.4) is 0 Å². The van der Waals surface area contributed by atoms with E-state index in [4.69, 9.17) is 19.4 Å². The largest absolute Gasteiger partial charge is 0.456 e. The van der Waals surface area contributed by atoms with Crippen LogP contribution in [-0.4, -0.2) is 15.0 Å². The SMILES string of the molecule is c1ccc(-c2nc(-c3ccc4oc5ccccc5c4c3)nc(-c3cccc4c(-c5ccccc5)cccc34)n2)cc1. The topological polar surface area (TPSA) is 51.8 Å². The van der Waals surface area contributed by atoms with Gasteiger partial charge in [0.05, 0.1) is 0 Å². The number of hydrogen-bond acceptors (Lipinski definition) is 4. The number of benzene rings is 6. The molecule has 4 nitrogen and oxygen atoms in total. The molecule has 0 N–H and O–H groups in total. The summed E-state index contributed by atoms with van der Waals surface area (Å²) in [5.74, 6) is 1.90. The maximum atomic E-state index is 6.07. The molecule has 0 fully saturated rings. The first-order valence-electron chi connectivity index (χ1n) is 13.6. The molecular weight excluding hydrogens is 502 g/mol. The van der Waals surface area contributed by atoms with Crippen molar-refractivity contribution < 1.29 is 4.42 Å². The Morgan fingerprint density at radius 3 is 1.68 bits per heavy atom. The number of nitrogens with zero attached hydrogens (tertiary/aromatic N) is 3.